The standard InChI is InChI=1S/C25H24ClN3O2/c1-16-23(21-15-18(26)7-8-22(21)27-16)17-9-13-28(14-10-17)11-4-12-29-24(30)19-5-2-3-6-20(19)25(29)31/h2-3,5-9,15,27H,4,10-14H2,1H3. The first-order chi connectivity index (χ1) is 15.0. The third kappa shape index (κ3) is 3.58. The Labute approximate surface area is 186 Å². The Morgan fingerprint density at radius 3 is 2.45 bits per heavy atom. The molecule has 0 saturated carbocycles. The quantitative estimate of drug-likeness (QED) is 0.582. The Balaban J connectivity index is 1.21. The lowest BCUT2D eigenvalue weighted by molar-refractivity contribution is 0.0648. The van der Waals surface area contributed by atoms with Crippen molar-refractivity contribution >= 4 is 39.9 Å². The van der Waals surface area contributed by atoms with Crippen LogP contribution in [0.15, 0.2) is 48.5 Å². The molecule has 2 amide bonds. The Morgan fingerprint density at radius 2 is 1.77 bits per heavy atom. The zero-order chi connectivity index (χ0) is 21.5. The summed E-state index contributed by atoms with van der Waals surface area (Å²) < 4.78 is 0. The van der Waals surface area contributed by atoms with E-state index in [2.05, 4.69) is 22.9 Å². The van der Waals surface area contributed by atoms with E-state index in [1.165, 1.54) is 27.1 Å². The number of rotatable bonds is 5. The zero-order valence-corrected chi connectivity index (χ0v) is 18.2. The first-order valence-corrected chi connectivity index (χ1v) is 11.1. The Morgan fingerprint density at radius 1 is 1.03 bits per heavy atom. The summed E-state index contributed by atoms with van der Waals surface area (Å²) >= 11 is 6.23. The molecule has 1 N–H and O–H groups in total. The molecule has 3 heterocycles. The molecule has 0 unspecified atom stereocenters. The summed E-state index contributed by atoms with van der Waals surface area (Å²) in [7, 11) is 0. The van der Waals surface area contributed by atoms with Gasteiger partial charge < -0.3 is 4.98 Å². The van der Waals surface area contributed by atoms with Gasteiger partial charge in [-0.2, -0.15) is 0 Å². The van der Waals surface area contributed by atoms with Crippen LogP contribution in [0.25, 0.3) is 16.5 Å². The van der Waals surface area contributed by atoms with Gasteiger partial charge in [0.1, 0.15) is 0 Å². The summed E-state index contributed by atoms with van der Waals surface area (Å²) in [4.78, 5) is 32.2. The van der Waals surface area contributed by atoms with E-state index in [1.54, 1.807) is 24.3 Å². The highest BCUT2D eigenvalue weighted by molar-refractivity contribution is 6.31. The van der Waals surface area contributed by atoms with Gasteiger partial charge in [-0.15, -0.1) is 0 Å². The highest BCUT2D eigenvalue weighted by Gasteiger charge is 2.34. The van der Waals surface area contributed by atoms with Crippen LogP contribution in [0.2, 0.25) is 5.02 Å². The number of imide groups is 1. The minimum atomic E-state index is -0.171. The maximum atomic E-state index is 12.5. The van der Waals surface area contributed by atoms with E-state index in [1.807, 2.05) is 18.2 Å². The van der Waals surface area contributed by atoms with Crippen LogP contribution >= 0.6 is 11.6 Å². The van der Waals surface area contributed by atoms with Crippen LogP contribution in [0.3, 0.4) is 0 Å². The van der Waals surface area contributed by atoms with Gasteiger partial charge in [0.05, 0.1) is 11.1 Å². The van der Waals surface area contributed by atoms with Crippen LogP contribution in [0.4, 0.5) is 0 Å². The van der Waals surface area contributed by atoms with Gasteiger partial charge in [0.15, 0.2) is 0 Å². The Kier molecular flexibility index (Phi) is 5.16. The normalized spacial score (nSPS) is 16.8. The molecule has 5 nitrogen and oxygen atoms in total. The fourth-order valence-corrected chi connectivity index (χ4v) is 4.92. The van der Waals surface area contributed by atoms with Crippen LogP contribution in [0, 0.1) is 6.92 Å². The number of nitrogens with one attached hydrogen (secondary N) is 1. The second-order valence-corrected chi connectivity index (χ2v) is 8.69. The van der Waals surface area contributed by atoms with Crippen LogP contribution < -0.4 is 0 Å². The van der Waals surface area contributed by atoms with Crippen molar-refractivity contribution < 1.29 is 9.59 Å². The lowest BCUT2D eigenvalue weighted by Crippen LogP contribution is -2.35. The SMILES string of the molecule is Cc1[nH]c2ccc(Cl)cc2c1C1=CCN(CCCN2C(=O)c3ccccc3C2=O)CC1. The third-order valence-electron chi connectivity index (χ3n) is 6.30. The van der Waals surface area contributed by atoms with Crippen LogP contribution in [-0.4, -0.2) is 52.8 Å². The smallest absolute Gasteiger partial charge is 0.261 e. The molecule has 5 rings (SSSR count). The summed E-state index contributed by atoms with van der Waals surface area (Å²) in [5, 5.41) is 1.93. The van der Waals surface area contributed by atoms with Gasteiger partial charge in [-0.25, -0.2) is 0 Å². The molecule has 0 radical (unpaired) electrons. The monoisotopic (exact) mass is 433 g/mol. The average Bonchev–Trinajstić information content (AvgIpc) is 3.22. The number of fused-ring (bicyclic) bond motifs is 2. The second kappa shape index (κ2) is 7.98. The minimum Gasteiger partial charge on any atom is -0.358 e. The van der Waals surface area contributed by atoms with Gasteiger partial charge >= 0.3 is 0 Å². The number of aromatic amines is 1. The van der Waals surface area contributed by atoms with Crippen molar-refractivity contribution in [3.8, 4) is 0 Å². The minimum absolute atomic E-state index is 0.171. The molecule has 2 aliphatic heterocycles. The van der Waals surface area contributed by atoms with Gasteiger partial charge in [0.25, 0.3) is 11.8 Å². The topological polar surface area (TPSA) is 56.4 Å². The van der Waals surface area contributed by atoms with E-state index >= 15 is 0 Å². The Hall–Kier alpha value is -2.89. The number of carbonyl (C=O) groups excluding carboxylic acids is 2. The fourth-order valence-electron chi connectivity index (χ4n) is 4.75. The number of hydrogen-bond acceptors (Lipinski definition) is 3. The van der Waals surface area contributed by atoms with Crippen molar-refractivity contribution in [1.82, 2.24) is 14.8 Å². The molecule has 31 heavy (non-hydrogen) atoms. The van der Waals surface area contributed by atoms with Crippen LogP contribution in [0.5, 0.6) is 0 Å². The van der Waals surface area contributed by atoms with E-state index in [9.17, 15) is 9.59 Å². The van der Waals surface area contributed by atoms with Crippen molar-refractivity contribution in [3.05, 3.63) is 75.9 Å². The molecule has 0 fully saturated rings. The van der Waals surface area contributed by atoms with Gasteiger partial charge in [-0.05, 0) is 55.7 Å². The number of aryl methyl sites for hydroxylation is 1. The van der Waals surface area contributed by atoms with Crippen LogP contribution in [-0.2, 0) is 0 Å². The average molecular weight is 434 g/mol. The summed E-state index contributed by atoms with van der Waals surface area (Å²) in [5.74, 6) is -0.343. The van der Waals surface area contributed by atoms with Gasteiger partial charge in [0, 0.05) is 53.4 Å². The maximum absolute atomic E-state index is 12.5. The lowest BCUT2D eigenvalue weighted by Gasteiger charge is -2.27. The predicted molar refractivity (Wildman–Crippen MR) is 124 cm³/mol. The van der Waals surface area contributed by atoms with Crippen molar-refractivity contribution in [2.75, 3.05) is 26.2 Å². The molecule has 3 aromatic rings. The van der Waals surface area contributed by atoms with Gasteiger partial charge in [0.2, 0.25) is 0 Å². The molecule has 0 bridgehead atoms. The molecule has 1 aromatic heterocycles. The number of aromatic nitrogens is 1. The summed E-state index contributed by atoms with van der Waals surface area (Å²) in [5.41, 5.74) is 5.94. The summed E-state index contributed by atoms with van der Waals surface area (Å²) in [6.07, 6.45) is 4.03. The number of carbonyl (C=O) groups is 2. The number of benzene rings is 2. The molecule has 6 heteroatoms. The largest absolute Gasteiger partial charge is 0.358 e. The molecular formula is C25H24ClN3O2. The van der Waals surface area contributed by atoms with E-state index < -0.39 is 0 Å². The van der Waals surface area contributed by atoms with Gasteiger partial charge in [-0.3, -0.25) is 19.4 Å². The van der Waals surface area contributed by atoms with E-state index in [0.29, 0.717) is 17.7 Å². The predicted octanol–water partition coefficient (Wildman–Crippen LogP) is 4.91. The number of amides is 2. The molecule has 0 atom stereocenters. The highest BCUT2D eigenvalue weighted by Crippen LogP contribution is 2.33. The molecular weight excluding hydrogens is 410 g/mol. The van der Waals surface area contributed by atoms with Crippen molar-refractivity contribution in [2.24, 2.45) is 0 Å². The zero-order valence-electron chi connectivity index (χ0n) is 17.5. The molecule has 0 saturated heterocycles. The summed E-state index contributed by atoms with van der Waals surface area (Å²) in [6, 6.07) is 13.0. The Bertz CT molecular complexity index is 1190. The number of hydrogen-bond donors (Lipinski definition) is 1. The van der Waals surface area contributed by atoms with Gasteiger partial charge in [-0.1, -0.05) is 29.8 Å². The summed E-state index contributed by atoms with van der Waals surface area (Å²) in [6.45, 7) is 5.25. The molecule has 0 spiro atoms. The van der Waals surface area contributed by atoms with Crippen LogP contribution in [0.1, 0.15) is 44.8 Å². The first-order valence-electron chi connectivity index (χ1n) is 10.7. The number of halogens is 1. The second-order valence-electron chi connectivity index (χ2n) is 8.26. The fraction of sp³-hybridized carbons (Fsp3) is 0.280. The highest BCUT2D eigenvalue weighted by atomic mass is 35.5. The van der Waals surface area contributed by atoms with Crippen molar-refractivity contribution in [1.29, 1.82) is 0 Å². The molecule has 0 aliphatic carbocycles. The molecule has 2 aromatic carbocycles. The van der Waals surface area contributed by atoms with Crippen molar-refractivity contribution in [2.45, 2.75) is 19.8 Å². The molecule has 158 valence electrons. The van der Waals surface area contributed by atoms with E-state index in [-0.39, 0.29) is 11.8 Å². The molecule has 2 aliphatic rings. The number of nitrogens with zero attached hydrogens (tertiary/aromatic N) is 2. The number of H-pyrrole nitrogens is 1. The van der Waals surface area contributed by atoms with Crippen molar-refractivity contribution in [3.63, 3.8) is 0 Å². The first kappa shape index (κ1) is 20.0. The lowest BCUT2D eigenvalue weighted by atomic mass is 9.96. The van der Waals surface area contributed by atoms with E-state index in [0.717, 1.165) is 43.0 Å². The third-order valence-corrected chi connectivity index (χ3v) is 6.53. The maximum Gasteiger partial charge on any atom is 0.261 e. The van der Waals surface area contributed by atoms with E-state index in [4.69, 9.17) is 11.6 Å².